The Bertz CT molecular complexity index is 1280. The van der Waals surface area contributed by atoms with Crippen molar-refractivity contribution >= 4 is 11.3 Å². The molecule has 4 aromatic rings. The first kappa shape index (κ1) is 25.5. The standard InChI is InChI=1S/C28H28F3N5S/c29-28(30,31)23-6-4-21(5-7-23)20-36-14-2-13-35(16-17-36)15-10-24-19-25(26-3-1-18-37-26)34-27(33-24)22-8-11-32-12-9-22/h1,3-9,11-12,18-19H,2,10,13-17,20H2. The second-order valence-electron chi connectivity index (χ2n) is 9.20. The van der Waals surface area contributed by atoms with Crippen LogP contribution in [0, 0.1) is 0 Å². The van der Waals surface area contributed by atoms with Crippen LogP contribution in [0.15, 0.2) is 72.4 Å². The van der Waals surface area contributed by atoms with Gasteiger partial charge in [-0.3, -0.25) is 9.88 Å². The summed E-state index contributed by atoms with van der Waals surface area (Å²) in [6.45, 7) is 5.28. The first-order chi connectivity index (χ1) is 17.9. The summed E-state index contributed by atoms with van der Waals surface area (Å²) in [5.41, 5.74) is 3.20. The van der Waals surface area contributed by atoms with Crippen molar-refractivity contribution < 1.29 is 13.2 Å². The maximum Gasteiger partial charge on any atom is 0.416 e. The molecule has 1 fully saturated rings. The van der Waals surface area contributed by atoms with E-state index in [0.29, 0.717) is 12.4 Å². The quantitative estimate of drug-likeness (QED) is 0.296. The zero-order valence-corrected chi connectivity index (χ0v) is 21.2. The number of rotatable bonds is 7. The van der Waals surface area contributed by atoms with Crippen LogP contribution in [-0.4, -0.2) is 57.5 Å². The summed E-state index contributed by atoms with van der Waals surface area (Å²) in [7, 11) is 0. The van der Waals surface area contributed by atoms with E-state index in [2.05, 4.69) is 32.3 Å². The Labute approximate surface area is 218 Å². The van der Waals surface area contributed by atoms with Gasteiger partial charge in [-0.05, 0) is 66.9 Å². The van der Waals surface area contributed by atoms with Crippen LogP contribution in [0.1, 0.15) is 23.2 Å². The van der Waals surface area contributed by atoms with Gasteiger partial charge in [0, 0.05) is 56.3 Å². The fourth-order valence-electron chi connectivity index (χ4n) is 4.54. The SMILES string of the molecule is FC(F)(F)c1ccc(CN2CCCN(CCc3cc(-c4cccs4)nc(-c4ccncc4)n3)CC2)cc1. The fraction of sp³-hybridized carbons (Fsp3) is 0.321. The van der Waals surface area contributed by atoms with Crippen LogP contribution in [0.4, 0.5) is 13.2 Å². The highest BCUT2D eigenvalue weighted by Crippen LogP contribution is 2.29. The molecule has 5 nitrogen and oxygen atoms in total. The number of pyridine rings is 1. The average molecular weight is 524 g/mol. The Morgan fingerprint density at radius 3 is 2.35 bits per heavy atom. The second-order valence-corrected chi connectivity index (χ2v) is 10.1. The molecule has 9 heteroatoms. The zero-order valence-electron chi connectivity index (χ0n) is 20.4. The van der Waals surface area contributed by atoms with Gasteiger partial charge in [-0.25, -0.2) is 9.97 Å². The number of hydrogen-bond acceptors (Lipinski definition) is 6. The zero-order chi connectivity index (χ0) is 25.7. The summed E-state index contributed by atoms with van der Waals surface area (Å²) in [5.74, 6) is 0.710. The van der Waals surface area contributed by atoms with Crippen LogP contribution in [-0.2, 0) is 19.1 Å². The molecule has 5 rings (SSSR count). The van der Waals surface area contributed by atoms with Gasteiger partial charge in [0.2, 0.25) is 0 Å². The molecular formula is C28H28F3N5S. The van der Waals surface area contributed by atoms with Crippen molar-refractivity contribution in [1.82, 2.24) is 24.8 Å². The van der Waals surface area contributed by atoms with Crippen LogP contribution in [0.25, 0.3) is 22.0 Å². The van der Waals surface area contributed by atoms with E-state index >= 15 is 0 Å². The molecule has 1 aromatic carbocycles. The molecule has 0 saturated carbocycles. The molecule has 3 aromatic heterocycles. The Balaban J connectivity index is 1.21. The van der Waals surface area contributed by atoms with Crippen LogP contribution in [0.2, 0.25) is 0 Å². The molecule has 0 unspecified atom stereocenters. The third-order valence-electron chi connectivity index (χ3n) is 6.54. The first-order valence-corrected chi connectivity index (χ1v) is 13.2. The predicted molar refractivity (Wildman–Crippen MR) is 140 cm³/mol. The number of thiophene rings is 1. The normalized spacial score (nSPS) is 15.5. The molecule has 1 aliphatic heterocycles. The van der Waals surface area contributed by atoms with Crippen LogP contribution < -0.4 is 0 Å². The summed E-state index contributed by atoms with van der Waals surface area (Å²) in [5, 5.41) is 2.05. The average Bonchev–Trinajstić information content (AvgIpc) is 3.36. The summed E-state index contributed by atoms with van der Waals surface area (Å²) in [6, 6.07) is 15.6. The van der Waals surface area contributed by atoms with Crippen LogP contribution in [0.5, 0.6) is 0 Å². The molecule has 0 aliphatic carbocycles. The van der Waals surface area contributed by atoms with Gasteiger partial charge >= 0.3 is 6.18 Å². The van der Waals surface area contributed by atoms with E-state index in [1.54, 1.807) is 35.9 Å². The molecule has 0 radical (unpaired) electrons. The lowest BCUT2D eigenvalue weighted by molar-refractivity contribution is -0.137. The third-order valence-corrected chi connectivity index (χ3v) is 7.44. The lowest BCUT2D eigenvalue weighted by atomic mass is 10.1. The molecule has 0 amide bonds. The van der Waals surface area contributed by atoms with Crippen molar-refractivity contribution in [3.63, 3.8) is 0 Å². The summed E-state index contributed by atoms with van der Waals surface area (Å²) in [6.07, 6.45) is 1.05. The van der Waals surface area contributed by atoms with Crippen molar-refractivity contribution in [3.05, 3.63) is 89.2 Å². The fourth-order valence-corrected chi connectivity index (χ4v) is 5.23. The van der Waals surface area contributed by atoms with Crippen molar-refractivity contribution in [2.75, 3.05) is 32.7 Å². The minimum atomic E-state index is -4.30. The van der Waals surface area contributed by atoms with E-state index in [1.165, 1.54) is 12.1 Å². The van der Waals surface area contributed by atoms with Crippen LogP contribution >= 0.6 is 11.3 Å². The van der Waals surface area contributed by atoms with E-state index in [-0.39, 0.29) is 0 Å². The minimum Gasteiger partial charge on any atom is -0.302 e. The first-order valence-electron chi connectivity index (χ1n) is 12.4. The Hall–Kier alpha value is -3.14. The highest BCUT2D eigenvalue weighted by Gasteiger charge is 2.30. The molecule has 0 spiro atoms. The Kier molecular flexibility index (Phi) is 7.93. The van der Waals surface area contributed by atoms with Gasteiger partial charge in [0.1, 0.15) is 0 Å². The van der Waals surface area contributed by atoms with Gasteiger partial charge in [0.05, 0.1) is 16.1 Å². The predicted octanol–water partition coefficient (Wildman–Crippen LogP) is 6.04. The van der Waals surface area contributed by atoms with Gasteiger partial charge in [0.25, 0.3) is 0 Å². The highest BCUT2D eigenvalue weighted by molar-refractivity contribution is 7.13. The number of alkyl halides is 3. The molecule has 192 valence electrons. The summed E-state index contributed by atoms with van der Waals surface area (Å²) >= 11 is 1.67. The molecule has 1 saturated heterocycles. The highest BCUT2D eigenvalue weighted by atomic mass is 32.1. The van der Waals surface area contributed by atoms with Gasteiger partial charge in [-0.15, -0.1) is 11.3 Å². The van der Waals surface area contributed by atoms with Crippen molar-refractivity contribution in [3.8, 4) is 22.0 Å². The molecule has 0 atom stereocenters. The Morgan fingerprint density at radius 1 is 0.865 bits per heavy atom. The van der Waals surface area contributed by atoms with E-state index in [0.717, 1.165) is 73.0 Å². The minimum absolute atomic E-state index is 0.600. The largest absolute Gasteiger partial charge is 0.416 e. The smallest absolute Gasteiger partial charge is 0.302 e. The number of halogens is 3. The van der Waals surface area contributed by atoms with Crippen molar-refractivity contribution in [1.29, 1.82) is 0 Å². The van der Waals surface area contributed by atoms with Gasteiger partial charge in [-0.2, -0.15) is 13.2 Å². The molecule has 0 bridgehead atoms. The second kappa shape index (κ2) is 11.5. The third kappa shape index (κ3) is 6.80. The number of benzene rings is 1. The van der Waals surface area contributed by atoms with Gasteiger partial charge < -0.3 is 4.90 Å². The number of aromatic nitrogens is 3. The van der Waals surface area contributed by atoms with Crippen LogP contribution in [0.3, 0.4) is 0 Å². The Morgan fingerprint density at radius 2 is 1.62 bits per heavy atom. The van der Waals surface area contributed by atoms with E-state index < -0.39 is 11.7 Å². The maximum absolute atomic E-state index is 12.8. The number of nitrogens with zero attached hydrogens (tertiary/aromatic N) is 5. The molecule has 0 N–H and O–H groups in total. The molecule has 37 heavy (non-hydrogen) atoms. The lowest BCUT2D eigenvalue weighted by Gasteiger charge is -2.22. The van der Waals surface area contributed by atoms with E-state index in [4.69, 9.17) is 9.97 Å². The van der Waals surface area contributed by atoms with Gasteiger partial charge in [-0.1, -0.05) is 18.2 Å². The van der Waals surface area contributed by atoms with E-state index in [1.807, 2.05) is 18.2 Å². The van der Waals surface area contributed by atoms with Crippen molar-refractivity contribution in [2.45, 2.75) is 25.6 Å². The maximum atomic E-state index is 12.8. The van der Waals surface area contributed by atoms with Gasteiger partial charge in [0.15, 0.2) is 5.82 Å². The molecular weight excluding hydrogens is 495 g/mol. The van der Waals surface area contributed by atoms with Crippen molar-refractivity contribution in [2.24, 2.45) is 0 Å². The lowest BCUT2D eigenvalue weighted by Crippen LogP contribution is -2.32. The summed E-state index contributed by atoms with van der Waals surface area (Å²) in [4.78, 5) is 19.7. The monoisotopic (exact) mass is 523 g/mol. The van der Waals surface area contributed by atoms with E-state index in [9.17, 15) is 13.2 Å². The summed E-state index contributed by atoms with van der Waals surface area (Å²) < 4.78 is 38.5. The topological polar surface area (TPSA) is 45.2 Å². The molecule has 4 heterocycles. The molecule has 1 aliphatic rings. The number of hydrogen-bond donors (Lipinski definition) is 0.